The quantitative estimate of drug-likeness (QED) is 0.538. The second-order valence-electron chi connectivity index (χ2n) is 1.46. The summed E-state index contributed by atoms with van der Waals surface area (Å²) in [6.07, 6.45) is 0. The van der Waals surface area contributed by atoms with E-state index in [-0.39, 0.29) is 5.78 Å². The van der Waals surface area contributed by atoms with Gasteiger partial charge in [0, 0.05) is 0 Å². The monoisotopic (exact) mass is 127 g/mol. The summed E-state index contributed by atoms with van der Waals surface area (Å²) in [7, 11) is 0. The zero-order valence-corrected chi connectivity index (χ0v) is 6.43. The third-order valence-corrected chi connectivity index (χ3v) is 0.803. The van der Waals surface area contributed by atoms with Crippen LogP contribution in [0.25, 0.3) is 0 Å². The Morgan fingerprint density at radius 3 is 1.89 bits per heavy atom. The van der Waals surface area contributed by atoms with Crippen LogP contribution >= 0.6 is 0 Å². The number of Topliss-reactive ketones (excluding diaryl/α,β-unsaturated/α-hetero) is 1. The summed E-state index contributed by atoms with van der Waals surface area (Å²) in [6, 6.07) is 1.81. The molecule has 0 N–H and O–H groups in total. The summed E-state index contributed by atoms with van der Waals surface area (Å²) in [4.78, 5) is 10.2. The molecule has 0 spiro atoms. The molecule has 2 heteroatoms. The molecule has 0 saturated carbocycles. The molecule has 0 fully saturated rings. The lowest BCUT2D eigenvalue weighted by molar-refractivity contribution is -0.118. The van der Waals surface area contributed by atoms with Crippen LogP contribution in [0.3, 0.4) is 0 Å². The molecule has 0 saturated heterocycles. The number of carbonyl (C=O) groups excluding carboxylic acids is 1. The normalized spacial score (nSPS) is 10.1. The number of hydrogen-bond acceptors (Lipinski definition) is 2. The maximum Gasteiger partial charge on any atom is 0.146 e. The molecule has 0 aromatic heterocycles. The van der Waals surface area contributed by atoms with Gasteiger partial charge in [-0.15, -0.1) is 0 Å². The average Bonchev–Trinajstić information content (AvgIpc) is 1.91. The number of nitrogens with zero attached hydrogens (tertiary/aromatic N) is 1. The lowest BCUT2D eigenvalue weighted by atomic mass is 10.1. The van der Waals surface area contributed by atoms with Gasteiger partial charge in [0.05, 0.1) is 6.07 Å². The van der Waals surface area contributed by atoms with E-state index in [1.54, 1.807) is 6.92 Å². The summed E-state index contributed by atoms with van der Waals surface area (Å²) in [5.41, 5.74) is 0. The van der Waals surface area contributed by atoms with E-state index >= 15 is 0 Å². The van der Waals surface area contributed by atoms with Gasteiger partial charge in [-0.3, -0.25) is 4.79 Å². The number of nitriles is 1. The highest BCUT2D eigenvalue weighted by Crippen LogP contribution is 1.90. The lowest BCUT2D eigenvalue weighted by Crippen LogP contribution is -2.01. The van der Waals surface area contributed by atoms with Crippen molar-refractivity contribution in [3.8, 4) is 6.07 Å². The molecule has 0 aliphatic carbocycles. The molecular weight excluding hydrogens is 114 g/mol. The average molecular weight is 127 g/mol. The van der Waals surface area contributed by atoms with Crippen LogP contribution in [-0.4, -0.2) is 5.78 Å². The molecule has 0 rings (SSSR count). The van der Waals surface area contributed by atoms with Gasteiger partial charge in [0.15, 0.2) is 0 Å². The molecule has 0 bridgehead atoms. The highest BCUT2D eigenvalue weighted by molar-refractivity contribution is 5.80. The van der Waals surface area contributed by atoms with Crippen molar-refractivity contribution in [2.24, 2.45) is 5.92 Å². The minimum absolute atomic E-state index is 0.0671. The number of carbonyl (C=O) groups is 1. The van der Waals surface area contributed by atoms with Gasteiger partial charge in [-0.25, -0.2) is 0 Å². The standard InChI is InChI=1S/C5H7NO.C2H6/c1-4(3-6)5(2)7;1-2/h4H,1-2H3;1-2H3. The summed E-state index contributed by atoms with van der Waals surface area (Å²) in [5.74, 6) is -0.498. The van der Waals surface area contributed by atoms with E-state index < -0.39 is 5.92 Å². The Morgan fingerprint density at radius 2 is 1.89 bits per heavy atom. The smallest absolute Gasteiger partial charge is 0.146 e. The molecule has 1 unspecified atom stereocenters. The molecule has 0 heterocycles. The van der Waals surface area contributed by atoms with Crippen molar-refractivity contribution in [1.29, 1.82) is 5.26 Å². The summed E-state index contributed by atoms with van der Waals surface area (Å²) < 4.78 is 0. The molecule has 0 aliphatic rings. The van der Waals surface area contributed by atoms with Crippen LogP contribution < -0.4 is 0 Å². The van der Waals surface area contributed by atoms with Crippen molar-refractivity contribution in [3.05, 3.63) is 0 Å². The van der Waals surface area contributed by atoms with Crippen LogP contribution in [0.4, 0.5) is 0 Å². The number of ketones is 1. The maximum absolute atomic E-state index is 10.2. The lowest BCUT2D eigenvalue weighted by Gasteiger charge is -1.87. The number of rotatable bonds is 1. The largest absolute Gasteiger partial charge is 0.299 e. The van der Waals surface area contributed by atoms with Crippen LogP contribution in [0.2, 0.25) is 0 Å². The van der Waals surface area contributed by atoms with Crippen LogP contribution in [0.5, 0.6) is 0 Å². The fourth-order valence-electron chi connectivity index (χ4n) is 0.0909. The first-order chi connectivity index (χ1) is 4.18. The zero-order valence-electron chi connectivity index (χ0n) is 6.43. The SMILES string of the molecule is CC.CC(=O)C(C)C#N. The van der Waals surface area contributed by atoms with Gasteiger partial charge in [0.1, 0.15) is 11.7 Å². The molecule has 52 valence electrons. The van der Waals surface area contributed by atoms with Gasteiger partial charge < -0.3 is 0 Å². The first-order valence-electron chi connectivity index (χ1n) is 3.08. The molecule has 9 heavy (non-hydrogen) atoms. The van der Waals surface area contributed by atoms with Gasteiger partial charge in [-0.1, -0.05) is 13.8 Å². The van der Waals surface area contributed by atoms with Crippen LogP contribution in [0.1, 0.15) is 27.7 Å². The van der Waals surface area contributed by atoms with E-state index in [2.05, 4.69) is 0 Å². The van der Waals surface area contributed by atoms with E-state index in [9.17, 15) is 4.79 Å². The molecule has 0 aromatic carbocycles. The summed E-state index contributed by atoms with van der Waals surface area (Å²) in [5, 5.41) is 8.03. The third-order valence-electron chi connectivity index (χ3n) is 0.803. The van der Waals surface area contributed by atoms with Crippen molar-refractivity contribution in [3.63, 3.8) is 0 Å². The van der Waals surface area contributed by atoms with E-state index in [4.69, 9.17) is 5.26 Å². The fourth-order valence-corrected chi connectivity index (χ4v) is 0.0909. The van der Waals surface area contributed by atoms with Crippen molar-refractivity contribution in [1.82, 2.24) is 0 Å². The van der Waals surface area contributed by atoms with Crippen LogP contribution in [0, 0.1) is 17.2 Å². The molecule has 0 aromatic rings. The highest BCUT2D eigenvalue weighted by atomic mass is 16.1. The van der Waals surface area contributed by atoms with Crippen molar-refractivity contribution in [2.75, 3.05) is 0 Å². The fraction of sp³-hybridized carbons (Fsp3) is 0.714. The number of hydrogen-bond donors (Lipinski definition) is 0. The second kappa shape index (κ2) is 7.16. The summed E-state index contributed by atoms with van der Waals surface area (Å²) >= 11 is 0. The summed E-state index contributed by atoms with van der Waals surface area (Å²) in [6.45, 7) is 7.00. The predicted molar refractivity (Wildman–Crippen MR) is 36.8 cm³/mol. The topological polar surface area (TPSA) is 40.9 Å². The van der Waals surface area contributed by atoms with E-state index in [0.717, 1.165) is 0 Å². The van der Waals surface area contributed by atoms with E-state index in [0.29, 0.717) is 0 Å². The first kappa shape index (κ1) is 11.0. The van der Waals surface area contributed by atoms with Gasteiger partial charge >= 0.3 is 0 Å². The Labute approximate surface area is 56.5 Å². The van der Waals surface area contributed by atoms with Crippen LogP contribution in [-0.2, 0) is 4.79 Å². The second-order valence-corrected chi connectivity index (χ2v) is 1.46. The highest BCUT2D eigenvalue weighted by Gasteiger charge is 2.02. The minimum atomic E-state index is -0.431. The maximum atomic E-state index is 10.2. The van der Waals surface area contributed by atoms with Crippen molar-refractivity contribution >= 4 is 5.78 Å². The Balaban J connectivity index is 0. The van der Waals surface area contributed by atoms with Crippen LogP contribution in [0.15, 0.2) is 0 Å². The van der Waals surface area contributed by atoms with Gasteiger partial charge in [0.25, 0.3) is 0 Å². The van der Waals surface area contributed by atoms with Gasteiger partial charge in [-0.2, -0.15) is 5.26 Å². The predicted octanol–water partition coefficient (Wildman–Crippen LogP) is 1.76. The zero-order chi connectivity index (χ0) is 7.86. The molecule has 0 radical (unpaired) electrons. The Bertz CT molecular complexity index is 113. The first-order valence-corrected chi connectivity index (χ1v) is 3.08. The molecule has 0 aliphatic heterocycles. The van der Waals surface area contributed by atoms with Gasteiger partial charge in [0.2, 0.25) is 0 Å². The molecule has 0 amide bonds. The molecule has 2 nitrogen and oxygen atoms in total. The van der Waals surface area contributed by atoms with Crippen molar-refractivity contribution < 1.29 is 4.79 Å². The Kier molecular flexibility index (Phi) is 8.77. The van der Waals surface area contributed by atoms with E-state index in [1.165, 1.54) is 6.92 Å². The van der Waals surface area contributed by atoms with Gasteiger partial charge in [-0.05, 0) is 13.8 Å². The van der Waals surface area contributed by atoms with Crippen molar-refractivity contribution in [2.45, 2.75) is 27.7 Å². The minimum Gasteiger partial charge on any atom is -0.299 e. The third kappa shape index (κ3) is 7.16. The Morgan fingerprint density at radius 1 is 1.56 bits per heavy atom. The Hall–Kier alpha value is -0.840. The molecular formula is C7H13NO. The molecule has 1 atom stereocenters. The van der Waals surface area contributed by atoms with E-state index in [1.807, 2.05) is 19.9 Å².